The molecule has 0 radical (unpaired) electrons. The third-order valence-corrected chi connectivity index (χ3v) is 3.40. The van der Waals surface area contributed by atoms with Crippen molar-refractivity contribution in [1.82, 2.24) is 20.2 Å². The van der Waals surface area contributed by atoms with Crippen molar-refractivity contribution in [1.29, 1.82) is 0 Å². The monoisotopic (exact) mass is 338 g/mol. The van der Waals surface area contributed by atoms with Crippen LogP contribution in [0, 0.1) is 10.1 Å². The average Bonchev–Trinajstić information content (AvgIpc) is 3.10. The first-order valence-corrected chi connectivity index (χ1v) is 7.50. The van der Waals surface area contributed by atoms with E-state index in [-0.39, 0.29) is 30.2 Å². The first-order chi connectivity index (χ1) is 12.1. The van der Waals surface area contributed by atoms with Crippen LogP contribution in [-0.2, 0) is 11.3 Å². The number of rotatable bonds is 6. The number of carbonyl (C=O) groups is 1. The molecule has 9 nitrogen and oxygen atoms in total. The lowest BCUT2D eigenvalue weighted by atomic mass is 10.2. The number of amides is 1. The van der Waals surface area contributed by atoms with Gasteiger partial charge in [-0.1, -0.05) is 42.5 Å². The van der Waals surface area contributed by atoms with Crippen molar-refractivity contribution < 1.29 is 9.72 Å². The second-order valence-electron chi connectivity index (χ2n) is 5.15. The fourth-order valence-corrected chi connectivity index (χ4v) is 2.19. The number of benzene rings is 2. The van der Waals surface area contributed by atoms with Gasteiger partial charge in [0.2, 0.25) is 11.7 Å². The number of anilines is 1. The minimum atomic E-state index is -0.541. The van der Waals surface area contributed by atoms with Crippen LogP contribution in [0.3, 0.4) is 0 Å². The topological polar surface area (TPSA) is 116 Å². The highest BCUT2D eigenvalue weighted by Gasteiger charge is 2.15. The van der Waals surface area contributed by atoms with Gasteiger partial charge < -0.3 is 5.32 Å². The van der Waals surface area contributed by atoms with Crippen molar-refractivity contribution in [3.63, 3.8) is 0 Å². The van der Waals surface area contributed by atoms with Crippen molar-refractivity contribution in [2.45, 2.75) is 13.0 Å². The van der Waals surface area contributed by atoms with Crippen LogP contribution in [0.2, 0.25) is 0 Å². The summed E-state index contributed by atoms with van der Waals surface area (Å²) in [5.74, 6) is 0.104. The highest BCUT2D eigenvalue weighted by Crippen LogP contribution is 2.23. The third-order valence-electron chi connectivity index (χ3n) is 3.40. The number of tetrazole rings is 1. The zero-order valence-electron chi connectivity index (χ0n) is 13.1. The quantitative estimate of drug-likeness (QED) is 0.544. The molecule has 126 valence electrons. The molecule has 0 aliphatic rings. The van der Waals surface area contributed by atoms with Crippen molar-refractivity contribution >= 4 is 17.3 Å². The number of hydrogen-bond acceptors (Lipinski definition) is 6. The Morgan fingerprint density at radius 1 is 1.12 bits per heavy atom. The molecular weight excluding hydrogens is 324 g/mol. The van der Waals surface area contributed by atoms with Crippen LogP contribution in [-0.4, -0.2) is 31.0 Å². The number of aromatic nitrogens is 4. The van der Waals surface area contributed by atoms with Gasteiger partial charge >= 0.3 is 0 Å². The summed E-state index contributed by atoms with van der Waals surface area (Å²) in [6.07, 6.45) is 0.0661. The standard InChI is InChI=1S/C16H14N6O3/c23-15(17-13-8-4-5-9-14(13)22(24)25)10-11-21-19-16(18-20-21)12-6-2-1-3-7-12/h1-9H,10-11H2,(H,17,23). The Bertz CT molecular complexity index is 894. The van der Waals surface area contributed by atoms with Gasteiger partial charge in [-0.25, -0.2) is 0 Å². The smallest absolute Gasteiger partial charge is 0.292 e. The normalized spacial score (nSPS) is 10.4. The largest absolute Gasteiger partial charge is 0.320 e. The molecule has 25 heavy (non-hydrogen) atoms. The van der Waals surface area contributed by atoms with E-state index in [0.717, 1.165) is 5.56 Å². The first-order valence-electron chi connectivity index (χ1n) is 7.50. The predicted molar refractivity (Wildman–Crippen MR) is 89.6 cm³/mol. The lowest BCUT2D eigenvalue weighted by molar-refractivity contribution is -0.383. The van der Waals surface area contributed by atoms with E-state index in [1.807, 2.05) is 30.3 Å². The maximum absolute atomic E-state index is 12.0. The molecule has 0 unspecified atom stereocenters. The second kappa shape index (κ2) is 7.30. The summed E-state index contributed by atoms with van der Waals surface area (Å²) in [7, 11) is 0. The number of nitro groups is 1. The van der Waals surface area contributed by atoms with E-state index in [2.05, 4.69) is 20.7 Å². The number of nitrogens with one attached hydrogen (secondary N) is 1. The van der Waals surface area contributed by atoms with E-state index < -0.39 is 4.92 Å². The molecule has 0 fully saturated rings. The Kier molecular flexibility index (Phi) is 4.74. The molecule has 0 saturated carbocycles. The molecule has 0 saturated heterocycles. The average molecular weight is 338 g/mol. The van der Waals surface area contributed by atoms with Crippen molar-refractivity contribution in [2.24, 2.45) is 0 Å². The minimum Gasteiger partial charge on any atom is -0.320 e. The van der Waals surface area contributed by atoms with Crippen LogP contribution in [0.15, 0.2) is 54.6 Å². The molecule has 0 aliphatic carbocycles. The minimum absolute atomic E-state index is 0.0661. The van der Waals surface area contributed by atoms with E-state index in [1.165, 1.54) is 23.0 Å². The summed E-state index contributed by atoms with van der Waals surface area (Å²) in [6.45, 7) is 0.215. The Morgan fingerprint density at radius 3 is 2.60 bits per heavy atom. The van der Waals surface area contributed by atoms with Crippen LogP contribution in [0.25, 0.3) is 11.4 Å². The molecule has 0 spiro atoms. The Morgan fingerprint density at radius 2 is 1.84 bits per heavy atom. The maximum atomic E-state index is 12.0. The molecule has 1 aromatic heterocycles. The van der Waals surface area contributed by atoms with Crippen LogP contribution in [0.4, 0.5) is 11.4 Å². The summed E-state index contributed by atoms with van der Waals surface area (Å²) in [5, 5.41) is 25.5. The fraction of sp³-hybridized carbons (Fsp3) is 0.125. The van der Waals surface area contributed by atoms with Gasteiger partial charge in [0.25, 0.3) is 5.69 Å². The lowest BCUT2D eigenvalue weighted by Crippen LogP contribution is -2.16. The van der Waals surface area contributed by atoms with Gasteiger partial charge in [-0.3, -0.25) is 14.9 Å². The number of carbonyl (C=O) groups excluding carboxylic acids is 1. The number of hydrogen-bond donors (Lipinski definition) is 1. The zero-order chi connectivity index (χ0) is 17.6. The van der Waals surface area contributed by atoms with Gasteiger partial charge in [-0.15, -0.1) is 10.2 Å². The van der Waals surface area contributed by atoms with Gasteiger partial charge in [0, 0.05) is 18.1 Å². The number of aryl methyl sites for hydroxylation is 1. The lowest BCUT2D eigenvalue weighted by Gasteiger charge is -2.05. The molecule has 0 atom stereocenters. The van der Waals surface area contributed by atoms with E-state index in [1.54, 1.807) is 6.07 Å². The maximum Gasteiger partial charge on any atom is 0.292 e. The van der Waals surface area contributed by atoms with Crippen LogP contribution in [0.1, 0.15) is 6.42 Å². The van der Waals surface area contributed by atoms with Gasteiger partial charge in [0.15, 0.2) is 0 Å². The molecule has 1 amide bonds. The van der Waals surface area contributed by atoms with Crippen molar-refractivity contribution in [2.75, 3.05) is 5.32 Å². The highest BCUT2D eigenvalue weighted by molar-refractivity contribution is 5.92. The van der Waals surface area contributed by atoms with Crippen LogP contribution >= 0.6 is 0 Å². The van der Waals surface area contributed by atoms with Crippen LogP contribution < -0.4 is 5.32 Å². The summed E-state index contributed by atoms with van der Waals surface area (Å²) in [6, 6.07) is 15.3. The zero-order valence-corrected chi connectivity index (χ0v) is 13.1. The number of para-hydroxylation sites is 2. The third kappa shape index (κ3) is 4.02. The molecule has 3 aromatic rings. The molecule has 3 rings (SSSR count). The Balaban J connectivity index is 1.60. The summed E-state index contributed by atoms with van der Waals surface area (Å²) in [4.78, 5) is 23.7. The van der Waals surface area contributed by atoms with E-state index in [0.29, 0.717) is 5.82 Å². The fourth-order valence-electron chi connectivity index (χ4n) is 2.19. The van der Waals surface area contributed by atoms with Gasteiger partial charge in [-0.05, 0) is 11.3 Å². The second-order valence-corrected chi connectivity index (χ2v) is 5.15. The van der Waals surface area contributed by atoms with Crippen molar-refractivity contribution in [3.8, 4) is 11.4 Å². The summed E-state index contributed by atoms with van der Waals surface area (Å²) < 4.78 is 0. The van der Waals surface area contributed by atoms with Gasteiger partial charge in [-0.2, -0.15) is 4.80 Å². The Labute approximate surface area is 142 Å². The molecule has 1 heterocycles. The molecule has 0 aliphatic heterocycles. The first kappa shape index (κ1) is 16.2. The molecular formula is C16H14N6O3. The van der Waals surface area contributed by atoms with Gasteiger partial charge in [0.05, 0.1) is 11.5 Å². The predicted octanol–water partition coefficient (Wildman–Crippen LogP) is 2.28. The SMILES string of the molecule is O=C(CCn1nnc(-c2ccccc2)n1)Nc1ccccc1[N+](=O)[O-]. The highest BCUT2D eigenvalue weighted by atomic mass is 16.6. The molecule has 0 bridgehead atoms. The molecule has 1 N–H and O–H groups in total. The number of nitro benzene ring substituents is 1. The van der Waals surface area contributed by atoms with E-state index in [4.69, 9.17) is 0 Å². The number of nitrogens with zero attached hydrogens (tertiary/aromatic N) is 5. The summed E-state index contributed by atoms with van der Waals surface area (Å²) in [5.41, 5.74) is 0.841. The Hall–Kier alpha value is -3.62. The molecule has 9 heteroatoms. The summed E-state index contributed by atoms with van der Waals surface area (Å²) >= 11 is 0. The van der Waals surface area contributed by atoms with Crippen LogP contribution in [0.5, 0.6) is 0 Å². The van der Waals surface area contributed by atoms with E-state index >= 15 is 0 Å². The van der Waals surface area contributed by atoms with Gasteiger partial charge in [0.1, 0.15) is 5.69 Å². The van der Waals surface area contributed by atoms with Crippen molar-refractivity contribution in [3.05, 3.63) is 64.7 Å². The molecule has 2 aromatic carbocycles. The van der Waals surface area contributed by atoms with E-state index in [9.17, 15) is 14.9 Å².